The van der Waals surface area contributed by atoms with Crippen molar-refractivity contribution in [1.29, 1.82) is 0 Å². The molecule has 1 unspecified atom stereocenters. The Balaban J connectivity index is 1.86. The second kappa shape index (κ2) is 7.05. The third-order valence-electron chi connectivity index (χ3n) is 7.26. The van der Waals surface area contributed by atoms with Crippen molar-refractivity contribution in [2.75, 3.05) is 7.11 Å². The van der Waals surface area contributed by atoms with E-state index >= 15 is 0 Å². The number of esters is 1. The van der Waals surface area contributed by atoms with Gasteiger partial charge in [-0.25, -0.2) is 0 Å². The van der Waals surface area contributed by atoms with Crippen LogP contribution in [0.15, 0.2) is 28.9 Å². The SMILES string of the molecule is C=C1CCC2[C@](C)(CCC[C@]2(C)C(=O)OC)[C@H]1CCc1ccoc1C=O. The van der Waals surface area contributed by atoms with Gasteiger partial charge in [-0.05, 0) is 68.8 Å². The molecule has 1 aromatic rings. The summed E-state index contributed by atoms with van der Waals surface area (Å²) in [6.07, 6.45) is 9.10. The molecule has 142 valence electrons. The largest absolute Gasteiger partial charge is 0.469 e. The van der Waals surface area contributed by atoms with Crippen molar-refractivity contribution in [3.63, 3.8) is 0 Å². The van der Waals surface area contributed by atoms with Crippen LogP contribution in [0.5, 0.6) is 0 Å². The summed E-state index contributed by atoms with van der Waals surface area (Å²) in [5.41, 5.74) is 1.88. The lowest BCUT2D eigenvalue weighted by molar-refractivity contribution is -0.168. The van der Waals surface area contributed by atoms with E-state index in [1.54, 1.807) is 6.26 Å². The molecule has 0 saturated heterocycles. The minimum atomic E-state index is -0.412. The van der Waals surface area contributed by atoms with Gasteiger partial charge in [-0.15, -0.1) is 0 Å². The highest BCUT2D eigenvalue weighted by atomic mass is 16.5. The molecule has 4 heteroatoms. The number of methoxy groups -OCH3 is 1. The third kappa shape index (κ3) is 2.93. The predicted octanol–water partition coefficient (Wildman–Crippen LogP) is 4.98. The molecule has 0 spiro atoms. The van der Waals surface area contributed by atoms with Crippen molar-refractivity contribution in [2.24, 2.45) is 22.7 Å². The summed E-state index contributed by atoms with van der Waals surface area (Å²) >= 11 is 0. The van der Waals surface area contributed by atoms with Gasteiger partial charge >= 0.3 is 5.97 Å². The lowest BCUT2D eigenvalue weighted by Gasteiger charge is -2.57. The molecule has 2 aliphatic carbocycles. The van der Waals surface area contributed by atoms with Gasteiger partial charge < -0.3 is 9.15 Å². The van der Waals surface area contributed by atoms with E-state index in [0.29, 0.717) is 17.6 Å². The Labute approximate surface area is 156 Å². The van der Waals surface area contributed by atoms with Crippen LogP contribution in [0.4, 0.5) is 0 Å². The van der Waals surface area contributed by atoms with Crippen LogP contribution in [-0.4, -0.2) is 19.4 Å². The van der Waals surface area contributed by atoms with Crippen LogP contribution in [0, 0.1) is 22.7 Å². The van der Waals surface area contributed by atoms with Crippen LogP contribution in [0.3, 0.4) is 0 Å². The van der Waals surface area contributed by atoms with E-state index in [0.717, 1.165) is 56.8 Å². The van der Waals surface area contributed by atoms with Crippen LogP contribution in [-0.2, 0) is 16.0 Å². The highest BCUT2D eigenvalue weighted by molar-refractivity contribution is 5.77. The molecule has 0 aliphatic heterocycles. The summed E-state index contributed by atoms with van der Waals surface area (Å²) in [6.45, 7) is 8.80. The van der Waals surface area contributed by atoms with E-state index in [4.69, 9.17) is 9.15 Å². The molecule has 0 N–H and O–H groups in total. The molecule has 2 fully saturated rings. The number of fused-ring (bicyclic) bond motifs is 1. The molecule has 3 rings (SSSR count). The number of hydrogen-bond donors (Lipinski definition) is 0. The third-order valence-corrected chi connectivity index (χ3v) is 7.26. The van der Waals surface area contributed by atoms with Gasteiger partial charge in [0.05, 0.1) is 18.8 Å². The fourth-order valence-corrected chi connectivity index (χ4v) is 5.92. The van der Waals surface area contributed by atoms with Crippen molar-refractivity contribution in [3.8, 4) is 0 Å². The lowest BCUT2D eigenvalue weighted by Crippen LogP contribution is -2.53. The normalized spacial score (nSPS) is 34.2. The summed E-state index contributed by atoms with van der Waals surface area (Å²) in [4.78, 5) is 23.7. The zero-order chi connectivity index (χ0) is 18.9. The van der Waals surface area contributed by atoms with Crippen molar-refractivity contribution in [3.05, 3.63) is 35.8 Å². The summed E-state index contributed by atoms with van der Waals surface area (Å²) in [5, 5.41) is 0. The Kier molecular flexibility index (Phi) is 5.14. The van der Waals surface area contributed by atoms with Crippen molar-refractivity contribution < 1.29 is 18.7 Å². The van der Waals surface area contributed by atoms with Crippen LogP contribution in [0.2, 0.25) is 0 Å². The second-order valence-electron chi connectivity index (χ2n) is 8.54. The molecule has 0 aromatic carbocycles. The van der Waals surface area contributed by atoms with Crippen molar-refractivity contribution in [2.45, 2.75) is 58.8 Å². The number of ether oxygens (including phenoxy) is 1. The van der Waals surface area contributed by atoms with Crippen LogP contribution >= 0.6 is 0 Å². The quantitative estimate of drug-likeness (QED) is 0.423. The Hall–Kier alpha value is -1.84. The molecule has 0 amide bonds. The lowest BCUT2D eigenvalue weighted by atomic mass is 9.46. The van der Waals surface area contributed by atoms with Gasteiger partial charge in [-0.1, -0.05) is 25.5 Å². The number of carbonyl (C=O) groups is 2. The average molecular weight is 358 g/mol. The molecular formula is C22H30O4. The Bertz CT molecular complexity index is 703. The summed E-state index contributed by atoms with van der Waals surface area (Å²) in [7, 11) is 1.50. The van der Waals surface area contributed by atoms with Crippen molar-refractivity contribution in [1.82, 2.24) is 0 Å². The maximum absolute atomic E-state index is 12.6. The van der Waals surface area contributed by atoms with E-state index < -0.39 is 5.41 Å². The predicted molar refractivity (Wildman–Crippen MR) is 99.9 cm³/mol. The minimum Gasteiger partial charge on any atom is -0.469 e. The van der Waals surface area contributed by atoms with E-state index in [-0.39, 0.29) is 11.4 Å². The molecule has 4 atom stereocenters. The number of hydrogen-bond acceptors (Lipinski definition) is 4. The van der Waals surface area contributed by atoms with Gasteiger partial charge in [-0.3, -0.25) is 9.59 Å². The van der Waals surface area contributed by atoms with Gasteiger partial charge in [-0.2, -0.15) is 0 Å². The number of furan rings is 1. The second-order valence-corrected chi connectivity index (χ2v) is 8.54. The summed E-state index contributed by atoms with van der Waals surface area (Å²) in [5.74, 6) is 1.01. The van der Waals surface area contributed by atoms with Crippen LogP contribution < -0.4 is 0 Å². The fourth-order valence-electron chi connectivity index (χ4n) is 5.92. The Morgan fingerprint density at radius 1 is 1.42 bits per heavy atom. The number of allylic oxidation sites excluding steroid dienone is 1. The highest BCUT2D eigenvalue weighted by Crippen LogP contribution is 2.62. The average Bonchev–Trinajstić information content (AvgIpc) is 3.07. The highest BCUT2D eigenvalue weighted by Gasteiger charge is 2.57. The number of aryl methyl sites for hydroxylation is 1. The van der Waals surface area contributed by atoms with Gasteiger partial charge in [0.2, 0.25) is 0 Å². The van der Waals surface area contributed by atoms with Crippen molar-refractivity contribution >= 4 is 12.3 Å². The molecule has 26 heavy (non-hydrogen) atoms. The van der Waals surface area contributed by atoms with Crippen LogP contribution in [0.25, 0.3) is 0 Å². The molecule has 0 radical (unpaired) electrons. The van der Waals surface area contributed by atoms with Gasteiger partial charge in [0.1, 0.15) is 0 Å². The molecule has 2 saturated carbocycles. The topological polar surface area (TPSA) is 56.5 Å². The molecule has 1 aromatic heterocycles. The first kappa shape index (κ1) is 18.9. The Morgan fingerprint density at radius 3 is 2.88 bits per heavy atom. The molecular weight excluding hydrogens is 328 g/mol. The first-order valence-corrected chi connectivity index (χ1v) is 9.64. The van der Waals surface area contributed by atoms with Crippen LogP contribution in [0.1, 0.15) is 68.5 Å². The number of rotatable bonds is 5. The monoisotopic (exact) mass is 358 g/mol. The smallest absolute Gasteiger partial charge is 0.311 e. The first-order valence-electron chi connectivity index (χ1n) is 9.64. The summed E-state index contributed by atoms with van der Waals surface area (Å²) < 4.78 is 10.4. The Morgan fingerprint density at radius 2 is 2.19 bits per heavy atom. The maximum atomic E-state index is 12.6. The van der Waals surface area contributed by atoms with E-state index in [2.05, 4.69) is 20.4 Å². The van der Waals surface area contributed by atoms with Gasteiger partial charge in [0.25, 0.3) is 0 Å². The van der Waals surface area contributed by atoms with E-state index in [1.807, 2.05) is 6.07 Å². The minimum absolute atomic E-state index is 0.0433. The number of carbonyl (C=O) groups excluding carboxylic acids is 2. The number of aldehydes is 1. The standard InChI is InChI=1S/C22H30O4/c1-15-6-9-19-21(2,11-5-12-22(19,3)20(24)25-4)17(15)8-7-16-10-13-26-18(16)14-23/h10,13-14,17,19H,1,5-9,11-12H2,2-4H3/t17-,19?,21+,22-/m0/s1. The van der Waals surface area contributed by atoms with E-state index in [1.165, 1.54) is 12.7 Å². The van der Waals surface area contributed by atoms with E-state index in [9.17, 15) is 9.59 Å². The maximum Gasteiger partial charge on any atom is 0.311 e. The van der Waals surface area contributed by atoms with Gasteiger partial charge in [0.15, 0.2) is 12.0 Å². The molecule has 1 heterocycles. The zero-order valence-corrected chi connectivity index (χ0v) is 16.2. The molecule has 2 aliphatic rings. The fraction of sp³-hybridized carbons (Fsp3) is 0.636. The summed E-state index contributed by atoms with van der Waals surface area (Å²) in [6, 6.07) is 1.88. The zero-order valence-electron chi connectivity index (χ0n) is 16.2. The van der Waals surface area contributed by atoms with Gasteiger partial charge in [0, 0.05) is 5.56 Å². The molecule has 0 bridgehead atoms. The molecule has 4 nitrogen and oxygen atoms in total. The first-order chi connectivity index (χ1) is 12.4.